The lowest BCUT2D eigenvalue weighted by Gasteiger charge is -2.41. The fraction of sp³-hybridized carbons (Fsp3) is 0.579. The van der Waals surface area contributed by atoms with Crippen molar-refractivity contribution < 1.29 is 24.7 Å². The standard InChI is InChI=1S/C12H21N2O2.C7H5ClO2/c1-11(15)5-3-9-4-6-12(2,16)14-8-7-13(11)10(9)14;8-6-3-1-5(2-4-6)7(9)10/h9,15-16H,3-8H2,1-2H3;1-4H,(H,9,10)/q+1;/p-1/t9-,11-,12+;. The van der Waals surface area contributed by atoms with Crippen molar-refractivity contribution in [3.05, 3.63) is 34.9 Å². The molecule has 26 heavy (non-hydrogen) atoms. The molecule has 3 aliphatic heterocycles. The summed E-state index contributed by atoms with van der Waals surface area (Å²) in [4.78, 5) is 12.3. The maximum atomic E-state index is 10.4. The highest BCUT2D eigenvalue weighted by molar-refractivity contribution is 6.30. The van der Waals surface area contributed by atoms with Gasteiger partial charge in [-0.15, -0.1) is 0 Å². The minimum Gasteiger partial charge on any atom is -0.545 e. The number of carboxylic acid groups (broad SMARTS) is 1. The van der Waals surface area contributed by atoms with Crippen LogP contribution in [0.25, 0.3) is 0 Å². The molecule has 0 radical (unpaired) electrons. The molecule has 1 aromatic carbocycles. The molecule has 1 saturated heterocycles. The van der Waals surface area contributed by atoms with Crippen LogP contribution in [0.4, 0.5) is 0 Å². The van der Waals surface area contributed by atoms with Crippen molar-refractivity contribution in [2.24, 2.45) is 5.92 Å². The Morgan fingerprint density at radius 3 is 2.46 bits per heavy atom. The van der Waals surface area contributed by atoms with Crippen LogP contribution in [0, 0.1) is 5.92 Å². The van der Waals surface area contributed by atoms with Gasteiger partial charge in [-0.2, -0.15) is 0 Å². The zero-order valence-electron chi connectivity index (χ0n) is 15.1. The Kier molecular flexibility index (Phi) is 5.03. The first-order valence-electron chi connectivity index (χ1n) is 8.95. The van der Waals surface area contributed by atoms with Crippen LogP contribution in [0.1, 0.15) is 49.9 Å². The van der Waals surface area contributed by atoms with Gasteiger partial charge in [0, 0.05) is 31.7 Å². The molecule has 3 aliphatic rings. The Hall–Kier alpha value is -1.63. The Morgan fingerprint density at radius 1 is 1.23 bits per heavy atom. The van der Waals surface area contributed by atoms with E-state index in [2.05, 4.69) is 9.48 Å². The molecule has 3 atom stereocenters. The molecule has 0 unspecified atom stereocenters. The molecule has 0 saturated carbocycles. The van der Waals surface area contributed by atoms with Gasteiger partial charge in [0.1, 0.15) is 13.1 Å². The second kappa shape index (κ2) is 6.83. The summed E-state index contributed by atoms with van der Waals surface area (Å²) >= 11 is 5.50. The second-order valence-electron chi connectivity index (χ2n) is 7.66. The molecule has 0 bridgehead atoms. The summed E-state index contributed by atoms with van der Waals surface area (Å²) in [5, 5.41) is 31.4. The molecule has 0 spiro atoms. The first-order chi connectivity index (χ1) is 12.1. The third kappa shape index (κ3) is 3.59. The van der Waals surface area contributed by atoms with Gasteiger partial charge >= 0.3 is 0 Å². The summed E-state index contributed by atoms with van der Waals surface area (Å²) in [7, 11) is 0. The van der Waals surface area contributed by atoms with Gasteiger partial charge < -0.3 is 20.1 Å². The number of rotatable bonds is 1. The number of amidine groups is 1. The third-order valence-electron chi connectivity index (χ3n) is 5.64. The van der Waals surface area contributed by atoms with Crippen LogP contribution in [0.5, 0.6) is 0 Å². The molecule has 3 heterocycles. The van der Waals surface area contributed by atoms with E-state index in [1.165, 1.54) is 30.1 Å². The summed E-state index contributed by atoms with van der Waals surface area (Å²) in [6.45, 7) is 5.47. The molecular weight excluding hydrogens is 356 g/mol. The normalized spacial score (nSPS) is 32.7. The SMILES string of the molecule is C[C@]1(O)CC[C@H]2CC[C@@](C)(O)N3CC[N+]1=C23.O=C([O-])c1ccc(Cl)cc1. The molecule has 2 N–H and O–H groups in total. The van der Waals surface area contributed by atoms with Crippen LogP contribution in [-0.4, -0.2) is 56.0 Å². The van der Waals surface area contributed by atoms with Crippen LogP contribution in [0.2, 0.25) is 5.02 Å². The van der Waals surface area contributed by atoms with Crippen molar-refractivity contribution in [2.45, 2.75) is 51.0 Å². The molecule has 1 fully saturated rings. The predicted octanol–water partition coefficient (Wildman–Crippen LogP) is 1.04. The highest BCUT2D eigenvalue weighted by atomic mass is 35.5. The molecule has 0 aromatic heterocycles. The average Bonchev–Trinajstić information content (AvgIpc) is 3.03. The molecule has 7 heteroatoms. The molecule has 1 aromatic rings. The lowest BCUT2D eigenvalue weighted by molar-refractivity contribution is -0.654. The average molecular weight is 381 g/mol. The fourth-order valence-electron chi connectivity index (χ4n) is 4.14. The van der Waals surface area contributed by atoms with Crippen molar-refractivity contribution in [3.63, 3.8) is 0 Å². The Morgan fingerprint density at radius 2 is 1.85 bits per heavy atom. The molecular formula is C19H25ClN2O4. The summed E-state index contributed by atoms with van der Waals surface area (Å²) in [6, 6.07) is 5.81. The fourth-order valence-corrected chi connectivity index (χ4v) is 4.27. The number of piperidine rings is 1. The zero-order chi connectivity index (χ0) is 19.1. The van der Waals surface area contributed by atoms with Gasteiger partial charge in [-0.1, -0.05) is 23.7 Å². The van der Waals surface area contributed by atoms with E-state index in [0.29, 0.717) is 10.9 Å². The number of aromatic carboxylic acids is 1. The highest BCUT2D eigenvalue weighted by Crippen LogP contribution is 2.40. The summed E-state index contributed by atoms with van der Waals surface area (Å²) in [6.07, 6.45) is 3.78. The largest absolute Gasteiger partial charge is 0.545 e. The summed E-state index contributed by atoms with van der Waals surface area (Å²) < 4.78 is 2.11. The van der Waals surface area contributed by atoms with Gasteiger partial charge in [-0.3, -0.25) is 0 Å². The Labute approximate surface area is 158 Å². The molecule has 142 valence electrons. The zero-order valence-corrected chi connectivity index (χ0v) is 15.9. The van der Waals surface area contributed by atoms with Crippen LogP contribution in [0.15, 0.2) is 24.3 Å². The van der Waals surface area contributed by atoms with Gasteiger partial charge in [-0.05, 0) is 30.5 Å². The van der Waals surface area contributed by atoms with Crippen LogP contribution >= 0.6 is 11.6 Å². The second-order valence-corrected chi connectivity index (χ2v) is 8.10. The van der Waals surface area contributed by atoms with Crippen molar-refractivity contribution in [2.75, 3.05) is 13.1 Å². The number of benzene rings is 1. The van der Waals surface area contributed by atoms with E-state index in [-0.39, 0.29) is 5.56 Å². The number of carbonyl (C=O) groups excluding carboxylic acids is 1. The van der Waals surface area contributed by atoms with E-state index in [4.69, 9.17) is 11.6 Å². The molecule has 4 rings (SSSR count). The van der Waals surface area contributed by atoms with Crippen LogP contribution in [-0.2, 0) is 0 Å². The lowest BCUT2D eigenvalue weighted by atomic mass is 9.83. The Bertz CT molecular complexity index is 728. The van der Waals surface area contributed by atoms with Crippen molar-refractivity contribution in [3.8, 4) is 0 Å². The van der Waals surface area contributed by atoms with E-state index < -0.39 is 17.4 Å². The minimum absolute atomic E-state index is 0.143. The van der Waals surface area contributed by atoms with Gasteiger partial charge in [0.15, 0.2) is 0 Å². The third-order valence-corrected chi connectivity index (χ3v) is 5.89. The van der Waals surface area contributed by atoms with Gasteiger partial charge in [0.2, 0.25) is 11.4 Å². The van der Waals surface area contributed by atoms with Crippen molar-refractivity contribution in [1.82, 2.24) is 4.90 Å². The van der Waals surface area contributed by atoms with E-state index in [0.717, 1.165) is 38.8 Å². The van der Waals surface area contributed by atoms with E-state index in [1.54, 1.807) is 0 Å². The number of halogens is 1. The minimum atomic E-state index is -1.18. The van der Waals surface area contributed by atoms with Crippen LogP contribution < -0.4 is 5.11 Å². The number of aliphatic hydroxyl groups is 2. The smallest absolute Gasteiger partial charge is 0.254 e. The van der Waals surface area contributed by atoms with Crippen LogP contribution in [0.3, 0.4) is 0 Å². The number of nitrogens with zero attached hydrogens (tertiary/aromatic N) is 2. The van der Waals surface area contributed by atoms with E-state index in [1.807, 2.05) is 13.8 Å². The summed E-state index contributed by atoms with van der Waals surface area (Å²) in [5.74, 6) is 0.548. The first-order valence-corrected chi connectivity index (χ1v) is 9.33. The number of hydrogen-bond donors (Lipinski definition) is 2. The molecule has 6 nitrogen and oxygen atoms in total. The number of hydrogen-bond acceptors (Lipinski definition) is 5. The van der Waals surface area contributed by atoms with Gasteiger partial charge in [0.05, 0.1) is 11.9 Å². The topological polar surface area (TPSA) is 86.8 Å². The Balaban J connectivity index is 0.000000170. The predicted molar refractivity (Wildman–Crippen MR) is 95.8 cm³/mol. The maximum absolute atomic E-state index is 10.4. The van der Waals surface area contributed by atoms with Gasteiger partial charge in [-0.25, -0.2) is 9.48 Å². The summed E-state index contributed by atoms with van der Waals surface area (Å²) in [5.41, 5.74) is -1.29. The monoisotopic (exact) mass is 380 g/mol. The van der Waals surface area contributed by atoms with Crippen molar-refractivity contribution >= 4 is 23.4 Å². The van der Waals surface area contributed by atoms with Gasteiger partial charge in [0.25, 0.3) is 5.84 Å². The quantitative estimate of drug-likeness (QED) is 0.711. The molecule has 0 amide bonds. The van der Waals surface area contributed by atoms with Crippen molar-refractivity contribution in [1.29, 1.82) is 0 Å². The molecule has 0 aliphatic carbocycles. The van der Waals surface area contributed by atoms with E-state index in [9.17, 15) is 20.1 Å². The number of carbonyl (C=O) groups is 1. The maximum Gasteiger partial charge on any atom is 0.254 e. The first kappa shape index (κ1) is 19.1. The number of carboxylic acids is 1. The lowest BCUT2D eigenvalue weighted by Crippen LogP contribution is -2.58. The van der Waals surface area contributed by atoms with E-state index >= 15 is 0 Å². The highest BCUT2D eigenvalue weighted by Gasteiger charge is 2.55.